The molecular weight excluding hydrogens is 190 g/mol. The summed E-state index contributed by atoms with van der Waals surface area (Å²) >= 11 is 0. The Kier molecular flexibility index (Phi) is 4.28. The third kappa shape index (κ3) is 2.78. The first kappa shape index (κ1) is 11.7. The van der Waals surface area contributed by atoms with Crippen LogP contribution in [0.3, 0.4) is 0 Å². The molecule has 15 heavy (non-hydrogen) atoms. The second-order valence-electron chi connectivity index (χ2n) is 3.73. The molecule has 0 spiro atoms. The van der Waals surface area contributed by atoms with Crippen LogP contribution in [0.4, 0.5) is 0 Å². The zero-order valence-corrected chi connectivity index (χ0v) is 8.95. The van der Waals surface area contributed by atoms with Crippen LogP contribution in [0.25, 0.3) is 0 Å². The summed E-state index contributed by atoms with van der Waals surface area (Å²) in [6.45, 7) is 8.16. The van der Waals surface area contributed by atoms with Crippen molar-refractivity contribution in [2.24, 2.45) is 5.92 Å². The average Bonchev–Trinajstić information content (AvgIpc) is 2.63. The number of Topliss-reactive ketones (excluding diaryl/α,β-unsaturated/α-hetero) is 1. The molecule has 3 heteroatoms. The van der Waals surface area contributed by atoms with Crippen molar-refractivity contribution in [2.75, 3.05) is 13.1 Å². The van der Waals surface area contributed by atoms with Crippen LogP contribution in [0.15, 0.2) is 25.3 Å². The molecule has 0 bridgehead atoms. The van der Waals surface area contributed by atoms with Gasteiger partial charge in [0.2, 0.25) is 5.91 Å². The standard InChI is InChI=1S/C12H17NO2/c1-3-8-13(9-4-2)12(15)10-6-5-7-11(10)14/h3-4,10H,1-2,5-9H2. The molecule has 0 radical (unpaired) electrons. The lowest BCUT2D eigenvalue weighted by molar-refractivity contribution is -0.139. The molecule has 1 saturated carbocycles. The molecule has 0 saturated heterocycles. The quantitative estimate of drug-likeness (QED) is 0.506. The van der Waals surface area contributed by atoms with Gasteiger partial charge in [-0.3, -0.25) is 9.59 Å². The van der Waals surface area contributed by atoms with Crippen LogP contribution in [-0.4, -0.2) is 29.7 Å². The van der Waals surface area contributed by atoms with Gasteiger partial charge in [0.1, 0.15) is 5.78 Å². The fourth-order valence-electron chi connectivity index (χ4n) is 1.86. The minimum absolute atomic E-state index is 0.0719. The Bertz CT molecular complexity index is 273. The van der Waals surface area contributed by atoms with Crippen molar-refractivity contribution in [3.8, 4) is 0 Å². The monoisotopic (exact) mass is 207 g/mol. The molecule has 82 valence electrons. The van der Waals surface area contributed by atoms with Crippen molar-refractivity contribution in [1.82, 2.24) is 4.90 Å². The summed E-state index contributed by atoms with van der Waals surface area (Å²) in [5.74, 6) is -0.402. The second kappa shape index (κ2) is 5.49. The van der Waals surface area contributed by atoms with E-state index in [0.717, 1.165) is 6.42 Å². The Labute approximate surface area is 90.5 Å². The van der Waals surface area contributed by atoms with Crippen molar-refractivity contribution < 1.29 is 9.59 Å². The number of nitrogens with zero attached hydrogens (tertiary/aromatic N) is 1. The van der Waals surface area contributed by atoms with Gasteiger partial charge in [0, 0.05) is 19.5 Å². The van der Waals surface area contributed by atoms with E-state index in [2.05, 4.69) is 13.2 Å². The van der Waals surface area contributed by atoms with Crippen LogP contribution in [0.2, 0.25) is 0 Å². The first-order valence-corrected chi connectivity index (χ1v) is 5.24. The Morgan fingerprint density at radius 1 is 1.40 bits per heavy atom. The molecule has 1 atom stereocenters. The smallest absolute Gasteiger partial charge is 0.233 e. The van der Waals surface area contributed by atoms with Crippen LogP contribution in [0.1, 0.15) is 19.3 Å². The fraction of sp³-hybridized carbons (Fsp3) is 0.500. The van der Waals surface area contributed by atoms with Crippen LogP contribution in [0.5, 0.6) is 0 Å². The first-order chi connectivity index (χ1) is 7.20. The predicted molar refractivity (Wildman–Crippen MR) is 59.3 cm³/mol. The van der Waals surface area contributed by atoms with Gasteiger partial charge >= 0.3 is 0 Å². The van der Waals surface area contributed by atoms with E-state index in [9.17, 15) is 9.59 Å². The maximum absolute atomic E-state index is 11.9. The molecule has 1 aliphatic rings. The van der Waals surface area contributed by atoms with Gasteiger partial charge in [-0.05, 0) is 12.8 Å². The zero-order valence-electron chi connectivity index (χ0n) is 8.95. The van der Waals surface area contributed by atoms with Crippen LogP contribution in [0, 0.1) is 5.92 Å². The van der Waals surface area contributed by atoms with Crippen molar-refractivity contribution in [2.45, 2.75) is 19.3 Å². The van der Waals surface area contributed by atoms with E-state index >= 15 is 0 Å². The van der Waals surface area contributed by atoms with Gasteiger partial charge in [-0.25, -0.2) is 0 Å². The third-order valence-corrected chi connectivity index (χ3v) is 2.61. The molecule has 1 aliphatic carbocycles. The van der Waals surface area contributed by atoms with Gasteiger partial charge in [-0.15, -0.1) is 13.2 Å². The lowest BCUT2D eigenvalue weighted by Crippen LogP contribution is -2.37. The molecule has 1 fully saturated rings. The van der Waals surface area contributed by atoms with Crippen molar-refractivity contribution in [1.29, 1.82) is 0 Å². The van der Waals surface area contributed by atoms with Gasteiger partial charge in [0.05, 0.1) is 5.92 Å². The maximum atomic E-state index is 11.9. The van der Waals surface area contributed by atoms with Gasteiger partial charge in [0.15, 0.2) is 0 Å². The van der Waals surface area contributed by atoms with Crippen molar-refractivity contribution >= 4 is 11.7 Å². The average molecular weight is 207 g/mol. The van der Waals surface area contributed by atoms with E-state index in [-0.39, 0.29) is 11.7 Å². The fourth-order valence-corrected chi connectivity index (χ4v) is 1.86. The van der Waals surface area contributed by atoms with Crippen LogP contribution in [-0.2, 0) is 9.59 Å². The molecule has 0 aromatic carbocycles. The van der Waals surface area contributed by atoms with E-state index in [1.165, 1.54) is 0 Å². The lowest BCUT2D eigenvalue weighted by Gasteiger charge is -2.22. The SMILES string of the molecule is C=CCN(CC=C)C(=O)C1CCCC1=O. The molecule has 0 heterocycles. The minimum Gasteiger partial charge on any atom is -0.335 e. The number of carbonyl (C=O) groups excluding carboxylic acids is 2. The van der Waals surface area contributed by atoms with Crippen molar-refractivity contribution in [3.05, 3.63) is 25.3 Å². The predicted octanol–water partition coefficient (Wildman–Crippen LogP) is 1.56. The summed E-state index contributed by atoms with van der Waals surface area (Å²) in [6.07, 6.45) is 5.42. The van der Waals surface area contributed by atoms with E-state index in [4.69, 9.17) is 0 Å². The number of amides is 1. The number of ketones is 1. The largest absolute Gasteiger partial charge is 0.335 e. The summed E-state index contributed by atoms with van der Waals surface area (Å²) in [5.41, 5.74) is 0. The molecule has 0 aliphatic heterocycles. The highest BCUT2D eigenvalue weighted by molar-refractivity contribution is 6.02. The first-order valence-electron chi connectivity index (χ1n) is 5.24. The zero-order chi connectivity index (χ0) is 11.3. The summed E-state index contributed by atoms with van der Waals surface area (Å²) in [4.78, 5) is 25.0. The normalized spacial score (nSPS) is 20.0. The topological polar surface area (TPSA) is 37.4 Å². The highest BCUT2D eigenvalue weighted by Crippen LogP contribution is 2.23. The van der Waals surface area contributed by atoms with E-state index < -0.39 is 5.92 Å². The van der Waals surface area contributed by atoms with Gasteiger partial charge in [-0.1, -0.05) is 12.2 Å². The third-order valence-electron chi connectivity index (χ3n) is 2.61. The molecular formula is C12H17NO2. The molecule has 1 rings (SSSR count). The molecule has 1 unspecified atom stereocenters. The number of carbonyl (C=O) groups is 2. The highest BCUT2D eigenvalue weighted by Gasteiger charge is 2.33. The Morgan fingerprint density at radius 3 is 2.40 bits per heavy atom. The number of rotatable bonds is 5. The Hall–Kier alpha value is -1.38. The summed E-state index contributed by atoms with van der Waals surface area (Å²) < 4.78 is 0. The summed E-state index contributed by atoms with van der Waals surface area (Å²) in [5, 5.41) is 0. The molecule has 0 aromatic rings. The maximum Gasteiger partial charge on any atom is 0.233 e. The molecule has 1 amide bonds. The van der Waals surface area contributed by atoms with Crippen molar-refractivity contribution in [3.63, 3.8) is 0 Å². The molecule has 0 N–H and O–H groups in total. The van der Waals surface area contributed by atoms with Gasteiger partial charge in [0.25, 0.3) is 0 Å². The molecule has 0 aromatic heterocycles. The lowest BCUT2D eigenvalue weighted by atomic mass is 10.1. The highest BCUT2D eigenvalue weighted by atomic mass is 16.2. The van der Waals surface area contributed by atoms with Gasteiger partial charge in [-0.2, -0.15) is 0 Å². The molecule has 3 nitrogen and oxygen atoms in total. The Morgan fingerprint density at radius 2 is 2.00 bits per heavy atom. The van der Waals surface area contributed by atoms with Crippen LogP contribution >= 0.6 is 0 Å². The second-order valence-corrected chi connectivity index (χ2v) is 3.73. The number of hydrogen-bond acceptors (Lipinski definition) is 2. The van der Waals surface area contributed by atoms with Crippen LogP contribution < -0.4 is 0 Å². The van der Waals surface area contributed by atoms with E-state index in [1.807, 2.05) is 0 Å². The summed E-state index contributed by atoms with van der Waals surface area (Å²) in [6, 6.07) is 0. The van der Waals surface area contributed by atoms with E-state index in [1.54, 1.807) is 17.1 Å². The summed E-state index contributed by atoms with van der Waals surface area (Å²) in [7, 11) is 0. The van der Waals surface area contributed by atoms with Gasteiger partial charge < -0.3 is 4.90 Å². The minimum atomic E-state index is -0.412. The van der Waals surface area contributed by atoms with E-state index in [0.29, 0.717) is 25.9 Å². The Balaban J connectivity index is 2.65. The number of hydrogen-bond donors (Lipinski definition) is 0.